The summed E-state index contributed by atoms with van der Waals surface area (Å²) in [7, 11) is -3.52. The van der Waals surface area contributed by atoms with Gasteiger partial charge in [-0.2, -0.15) is 9.57 Å². The Morgan fingerprint density at radius 1 is 1.40 bits per heavy atom. The summed E-state index contributed by atoms with van der Waals surface area (Å²) in [6.45, 7) is 2.61. The van der Waals surface area contributed by atoms with Crippen LogP contribution >= 0.6 is 27.5 Å². The van der Waals surface area contributed by atoms with E-state index in [9.17, 15) is 8.42 Å². The normalized spacial score (nSPS) is 19.5. The van der Waals surface area contributed by atoms with Gasteiger partial charge in [-0.1, -0.05) is 11.6 Å². The van der Waals surface area contributed by atoms with Crippen molar-refractivity contribution < 1.29 is 8.42 Å². The predicted octanol–water partition coefficient (Wildman–Crippen LogP) is 3.42. The lowest BCUT2D eigenvalue weighted by molar-refractivity contribution is 0.232. The van der Waals surface area contributed by atoms with Crippen molar-refractivity contribution in [2.24, 2.45) is 5.41 Å². The zero-order valence-corrected chi connectivity index (χ0v) is 14.1. The molecule has 0 N–H and O–H groups in total. The Morgan fingerprint density at radius 2 is 2.00 bits per heavy atom. The van der Waals surface area contributed by atoms with Gasteiger partial charge in [0.2, 0.25) is 10.0 Å². The van der Waals surface area contributed by atoms with Crippen molar-refractivity contribution in [3.05, 3.63) is 27.7 Å². The molecule has 0 amide bonds. The number of hydrogen-bond donors (Lipinski definition) is 0. The highest BCUT2D eigenvalue weighted by molar-refractivity contribution is 9.10. The van der Waals surface area contributed by atoms with Crippen molar-refractivity contribution >= 4 is 37.6 Å². The number of halogens is 2. The predicted molar refractivity (Wildman–Crippen MR) is 80.9 cm³/mol. The van der Waals surface area contributed by atoms with E-state index in [0.29, 0.717) is 35.4 Å². The average Bonchev–Trinajstić information content (AvgIpc) is 2.42. The summed E-state index contributed by atoms with van der Waals surface area (Å²) >= 11 is 9.12. The molecule has 4 nitrogen and oxygen atoms in total. The number of nitriles is 1. The fourth-order valence-electron chi connectivity index (χ4n) is 2.12. The maximum Gasteiger partial charge on any atom is 0.243 e. The van der Waals surface area contributed by atoms with Gasteiger partial charge in [0, 0.05) is 17.6 Å². The van der Waals surface area contributed by atoms with E-state index >= 15 is 0 Å². The Labute approximate surface area is 132 Å². The second-order valence-electron chi connectivity index (χ2n) is 5.15. The number of benzene rings is 1. The van der Waals surface area contributed by atoms with Gasteiger partial charge >= 0.3 is 0 Å². The molecular weight excluding hydrogens is 364 g/mol. The van der Waals surface area contributed by atoms with Crippen molar-refractivity contribution in [2.45, 2.75) is 24.7 Å². The molecule has 1 saturated heterocycles. The van der Waals surface area contributed by atoms with Gasteiger partial charge in [-0.25, -0.2) is 8.42 Å². The van der Waals surface area contributed by atoms with Gasteiger partial charge in [0.1, 0.15) is 0 Å². The standard InChI is InChI=1S/C13H14BrClN2O2S/c1-13(9-16)4-6-17(7-5-13)20(18,19)10-2-3-12(15)11(14)8-10/h2-3,8H,4-7H2,1H3. The minimum absolute atomic E-state index is 0.217. The van der Waals surface area contributed by atoms with Gasteiger partial charge < -0.3 is 0 Å². The lowest BCUT2D eigenvalue weighted by Gasteiger charge is -2.34. The zero-order chi connectivity index (χ0) is 15.0. The molecule has 2 rings (SSSR count). The maximum atomic E-state index is 12.5. The largest absolute Gasteiger partial charge is 0.243 e. The van der Waals surface area contributed by atoms with Gasteiger partial charge in [-0.15, -0.1) is 0 Å². The van der Waals surface area contributed by atoms with Crippen LogP contribution in [0.1, 0.15) is 19.8 Å². The van der Waals surface area contributed by atoms with Gasteiger partial charge in [0.15, 0.2) is 0 Å². The first-order valence-electron chi connectivity index (χ1n) is 6.15. The van der Waals surface area contributed by atoms with E-state index < -0.39 is 15.4 Å². The van der Waals surface area contributed by atoms with E-state index in [2.05, 4.69) is 22.0 Å². The minimum Gasteiger partial charge on any atom is -0.207 e. The van der Waals surface area contributed by atoms with Crippen molar-refractivity contribution in [1.29, 1.82) is 5.26 Å². The summed E-state index contributed by atoms with van der Waals surface area (Å²) in [5.74, 6) is 0. The Hall–Kier alpha value is -0.610. The van der Waals surface area contributed by atoms with Crippen LogP contribution in [0.4, 0.5) is 0 Å². The number of piperidine rings is 1. The zero-order valence-electron chi connectivity index (χ0n) is 10.9. The molecule has 1 fully saturated rings. The molecule has 1 aromatic rings. The highest BCUT2D eigenvalue weighted by atomic mass is 79.9. The van der Waals surface area contributed by atoms with Crippen molar-refractivity contribution in [2.75, 3.05) is 13.1 Å². The Bertz CT molecular complexity index is 661. The Morgan fingerprint density at radius 3 is 2.50 bits per heavy atom. The summed E-state index contributed by atoms with van der Waals surface area (Å²) in [5, 5.41) is 9.56. The summed E-state index contributed by atoms with van der Waals surface area (Å²) in [5.41, 5.74) is -0.424. The van der Waals surface area contributed by atoms with Gasteiger partial charge in [-0.05, 0) is 53.9 Å². The van der Waals surface area contributed by atoms with E-state index in [0.717, 1.165) is 0 Å². The van der Waals surface area contributed by atoms with Crippen LogP contribution in [0.5, 0.6) is 0 Å². The van der Waals surface area contributed by atoms with Gasteiger partial charge in [0.05, 0.1) is 21.4 Å². The molecule has 7 heteroatoms. The summed E-state index contributed by atoms with van der Waals surface area (Å²) in [4.78, 5) is 0.217. The molecule has 20 heavy (non-hydrogen) atoms. The van der Waals surface area contributed by atoms with Crippen LogP contribution in [0.15, 0.2) is 27.6 Å². The highest BCUT2D eigenvalue weighted by Gasteiger charge is 2.35. The molecule has 0 unspecified atom stereocenters. The van der Waals surface area contributed by atoms with E-state index in [1.165, 1.54) is 16.4 Å². The van der Waals surface area contributed by atoms with E-state index in [-0.39, 0.29) is 4.90 Å². The molecule has 0 aliphatic carbocycles. The maximum absolute atomic E-state index is 12.5. The van der Waals surface area contributed by atoms with Crippen LogP contribution in [0.2, 0.25) is 5.02 Å². The fourth-order valence-corrected chi connectivity index (χ4v) is 4.23. The molecule has 1 aliphatic rings. The average molecular weight is 378 g/mol. The minimum atomic E-state index is -3.52. The number of nitrogens with zero attached hydrogens (tertiary/aromatic N) is 2. The van der Waals surface area contributed by atoms with E-state index in [1.807, 2.05) is 6.92 Å². The first kappa shape index (κ1) is 15.8. The lowest BCUT2D eigenvalue weighted by Crippen LogP contribution is -2.41. The van der Waals surface area contributed by atoms with Crippen LogP contribution in [0.25, 0.3) is 0 Å². The number of hydrogen-bond acceptors (Lipinski definition) is 3. The Balaban J connectivity index is 2.24. The monoisotopic (exact) mass is 376 g/mol. The molecule has 0 aromatic heterocycles. The van der Waals surface area contributed by atoms with Gasteiger partial charge in [-0.3, -0.25) is 0 Å². The smallest absolute Gasteiger partial charge is 0.207 e. The van der Waals surface area contributed by atoms with Crippen molar-refractivity contribution in [3.63, 3.8) is 0 Å². The van der Waals surface area contributed by atoms with Crippen LogP contribution in [-0.2, 0) is 10.0 Å². The third-order valence-corrected chi connectivity index (χ3v) is 6.73. The summed E-state index contributed by atoms with van der Waals surface area (Å²) < 4.78 is 27.0. The summed E-state index contributed by atoms with van der Waals surface area (Å²) in [6, 6.07) is 6.83. The lowest BCUT2D eigenvalue weighted by atomic mass is 9.83. The molecule has 0 atom stereocenters. The molecule has 0 saturated carbocycles. The topological polar surface area (TPSA) is 61.2 Å². The first-order chi connectivity index (χ1) is 9.28. The number of rotatable bonds is 2. The highest BCUT2D eigenvalue weighted by Crippen LogP contribution is 2.33. The fraction of sp³-hybridized carbons (Fsp3) is 0.462. The van der Waals surface area contributed by atoms with Crippen molar-refractivity contribution in [1.82, 2.24) is 4.31 Å². The quantitative estimate of drug-likeness (QED) is 0.793. The van der Waals surface area contributed by atoms with E-state index in [1.54, 1.807) is 6.07 Å². The number of sulfonamides is 1. The van der Waals surface area contributed by atoms with Crippen LogP contribution in [0, 0.1) is 16.7 Å². The first-order valence-corrected chi connectivity index (χ1v) is 8.76. The second kappa shape index (κ2) is 5.64. The SMILES string of the molecule is CC1(C#N)CCN(S(=O)(=O)c2ccc(Cl)c(Br)c2)CC1. The van der Waals surface area contributed by atoms with E-state index in [4.69, 9.17) is 16.9 Å². The second-order valence-corrected chi connectivity index (χ2v) is 8.35. The molecule has 0 bridgehead atoms. The van der Waals surface area contributed by atoms with Crippen LogP contribution in [-0.4, -0.2) is 25.8 Å². The van der Waals surface area contributed by atoms with Crippen LogP contribution in [0.3, 0.4) is 0 Å². The molecular formula is C13H14BrClN2O2S. The molecule has 1 aromatic carbocycles. The van der Waals surface area contributed by atoms with Crippen molar-refractivity contribution in [3.8, 4) is 6.07 Å². The molecule has 0 radical (unpaired) electrons. The molecule has 0 spiro atoms. The Kier molecular flexibility index (Phi) is 4.45. The third kappa shape index (κ3) is 3.01. The molecule has 108 valence electrons. The molecule has 1 aliphatic heterocycles. The van der Waals surface area contributed by atoms with Crippen LogP contribution < -0.4 is 0 Å². The third-order valence-electron chi connectivity index (χ3n) is 3.62. The molecule has 1 heterocycles. The summed E-state index contributed by atoms with van der Waals surface area (Å²) in [6.07, 6.45) is 1.11. The van der Waals surface area contributed by atoms with Gasteiger partial charge in [0.25, 0.3) is 0 Å².